The van der Waals surface area contributed by atoms with Crippen LogP contribution in [0.2, 0.25) is 5.02 Å². The molecule has 0 bridgehead atoms. The highest BCUT2D eigenvalue weighted by Gasteiger charge is 2.34. The minimum absolute atomic E-state index is 0.354. The van der Waals surface area contributed by atoms with E-state index < -0.39 is 5.91 Å². The molecule has 1 aliphatic heterocycles. The van der Waals surface area contributed by atoms with Crippen molar-refractivity contribution in [2.24, 2.45) is 17.6 Å². The quantitative estimate of drug-likeness (QED) is 0.844. The number of aromatic nitrogens is 1. The molecule has 100 valence electrons. The lowest BCUT2D eigenvalue weighted by Crippen LogP contribution is -2.22. The Hall–Kier alpha value is -1.55. The van der Waals surface area contributed by atoms with E-state index in [-0.39, 0.29) is 0 Å². The maximum absolute atomic E-state index is 11.1. The number of anilines is 1. The molecular weight excluding hydrogens is 262 g/mol. The number of nitrogens with zero attached hydrogens (tertiary/aromatic N) is 2. The standard InChI is InChI=1S/C14H16ClN3O/c15-12-5-11(13(16)19)6-17-14(12)18-7-9-3-1-2-4-10(9)8-18/h1-2,5-6,9-10H,3-4,7-8H2,(H2,16,19). The first kappa shape index (κ1) is 12.5. The zero-order valence-corrected chi connectivity index (χ0v) is 11.3. The summed E-state index contributed by atoms with van der Waals surface area (Å²) in [6.07, 6.45) is 8.30. The van der Waals surface area contributed by atoms with Crippen molar-refractivity contribution in [3.63, 3.8) is 0 Å². The number of rotatable bonds is 2. The van der Waals surface area contributed by atoms with Gasteiger partial charge in [-0.1, -0.05) is 23.8 Å². The first-order chi connectivity index (χ1) is 9.15. The van der Waals surface area contributed by atoms with Crippen LogP contribution in [0, 0.1) is 11.8 Å². The summed E-state index contributed by atoms with van der Waals surface area (Å²) in [5, 5.41) is 0.503. The topological polar surface area (TPSA) is 59.2 Å². The lowest BCUT2D eigenvalue weighted by molar-refractivity contribution is 0.1000. The Morgan fingerprint density at radius 3 is 2.47 bits per heavy atom. The number of hydrogen-bond acceptors (Lipinski definition) is 3. The van der Waals surface area contributed by atoms with Crippen LogP contribution in [0.4, 0.5) is 5.82 Å². The first-order valence-corrected chi connectivity index (χ1v) is 6.88. The molecule has 2 aliphatic rings. The van der Waals surface area contributed by atoms with E-state index in [0.717, 1.165) is 31.7 Å². The highest BCUT2D eigenvalue weighted by atomic mass is 35.5. The molecule has 5 heteroatoms. The van der Waals surface area contributed by atoms with Gasteiger partial charge in [-0.25, -0.2) is 4.98 Å². The van der Waals surface area contributed by atoms with Crippen molar-refractivity contribution >= 4 is 23.3 Å². The van der Waals surface area contributed by atoms with Gasteiger partial charge in [0.2, 0.25) is 5.91 Å². The number of carbonyl (C=O) groups is 1. The third-order valence-electron chi connectivity index (χ3n) is 4.03. The molecule has 1 aromatic heterocycles. The highest BCUT2D eigenvalue weighted by Crippen LogP contribution is 2.36. The summed E-state index contributed by atoms with van der Waals surface area (Å²) in [4.78, 5) is 17.6. The van der Waals surface area contributed by atoms with E-state index in [1.54, 1.807) is 6.07 Å². The largest absolute Gasteiger partial charge is 0.366 e. The first-order valence-electron chi connectivity index (χ1n) is 6.50. The van der Waals surface area contributed by atoms with Crippen LogP contribution in [-0.2, 0) is 0 Å². The molecule has 1 aliphatic carbocycles. The molecule has 0 spiro atoms. The number of primary amides is 1. The van der Waals surface area contributed by atoms with Gasteiger partial charge in [0, 0.05) is 19.3 Å². The summed E-state index contributed by atoms with van der Waals surface area (Å²) in [6.45, 7) is 1.97. The minimum Gasteiger partial charge on any atom is -0.366 e. The molecule has 1 fully saturated rings. The van der Waals surface area contributed by atoms with Crippen LogP contribution in [0.1, 0.15) is 23.2 Å². The number of hydrogen-bond donors (Lipinski definition) is 1. The smallest absolute Gasteiger partial charge is 0.250 e. The summed E-state index contributed by atoms with van der Waals surface area (Å²) in [5.74, 6) is 1.65. The maximum Gasteiger partial charge on any atom is 0.250 e. The van der Waals surface area contributed by atoms with Gasteiger partial charge in [-0.2, -0.15) is 0 Å². The van der Waals surface area contributed by atoms with E-state index in [0.29, 0.717) is 22.4 Å². The molecule has 1 amide bonds. The Balaban J connectivity index is 1.82. The molecule has 0 aromatic carbocycles. The maximum atomic E-state index is 11.1. The summed E-state index contributed by atoms with van der Waals surface area (Å²) in [7, 11) is 0. The number of allylic oxidation sites excluding steroid dienone is 2. The summed E-state index contributed by atoms with van der Waals surface area (Å²) in [6, 6.07) is 1.60. The molecular formula is C14H16ClN3O. The van der Waals surface area contributed by atoms with Gasteiger partial charge in [0.15, 0.2) is 0 Å². The fraction of sp³-hybridized carbons (Fsp3) is 0.429. The van der Waals surface area contributed by atoms with Crippen molar-refractivity contribution < 1.29 is 4.79 Å². The Kier molecular flexibility index (Phi) is 3.19. The van der Waals surface area contributed by atoms with E-state index in [4.69, 9.17) is 17.3 Å². The van der Waals surface area contributed by atoms with E-state index >= 15 is 0 Å². The van der Waals surface area contributed by atoms with E-state index in [1.165, 1.54) is 6.20 Å². The lowest BCUT2D eigenvalue weighted by atomic mass is 9.86. The molecule has 2 atom stereocenters. The molecule has 2 unspecified atom stereocenters. The monoisotopic (exact) mass is 277 g/mol. The molecule has 4 nitrogen and oxygen atoms in total. The molecule has 0 saturated carbocycles. The van der Waals surface area contributed by atoms with Gasteiger partial charge < -0.3 is 10.6 Å². The van der Waals surface area contributed by atoms with E-state index in [9.17, 15) is 4.79 Å². The van der Waals surface area contributed by atoms with Gasteiger partial charge in [0.25, 0.3) is 0 Å². The Morgan fingerprint density at radius 1 is 1.32 bits per heavy atom. The molecule has 2 N–H and O–H groups in total. The molecule has 2 heterocycles. The number of halogens is 1. The molecule has 0 radical (unpaired) electrons. The van der Waals surface area contributed by atoms with Gasteiger partial charge in [-0.05, 0) is 30.7 Å². The predicted molar refractivity (Wildman–Crippen MR) is 75.3 cm³/mol. The number of amides is 1. The van der Waals surface area contributed by atoms with Crippen molar-refractivity contribution in [1.82, 2.24) is 4.98 Å². The predicted octanol–water partition coefficient (Wildman–Crippen LogP) is 2.24. The zero-order chi connectivity index (χ0) is 13.4. The molecule has 19 heavy (non-hydrogen) atoms. The number of nitrogens with two attached hydrogens (primary N) is 1. The van der Waals surface area contributed by atoms with Crippen LogP contribution in [0.25, 0.3) is 0 Å². The highest BCUT2D eigenvalue weighted by molar-refractivity contribution is 6.33. The fourth-order valence-electron chi connectivity index (χ4n) is 2.99. The third-order valence-corrected chi connectivity index (χ3v) is 4.30. The van der Waals surface area contributed by atoms with E-state index in [1.807, 2.05) is 0 Å². The Labute approximate surface area is 117 Å². The van der Waals surface area contributed by atoms with Gasteiger partial charge in [-0.15, -0.1) is 0 Å². The number of fused-ring (bicyclic) bond motifs is 1. The number of carbonyl (C=O) groups excluding carboxylic acids is 1. The van der Waals surface area contributed by atoms with Crippen LogP contribution in [0.5, 0.6) is 0 Å². The van der Waals surface area contributed by atoms with Crippen LogP contribution in [0.15, 0.2) is 24.4 Å². The van der Waals surface area contributed by atoms with Crippen molar-refractivity contribution in [1.29, 1.82) is 0 Å². The zero-order valence-electron chi connectivity index (χ0n) is 10.6. The molecule has 3 rings (SSSR count). The van der Waals surface area contributed by atoms with Crippen molar-refractivity contribution in [2.75, 3.05) is 18.0 Å². The van der Waals surface area contributed by atoms with Crippen molar-refractivity contribution in [3.05, 3.63) is 35.0 Å². The summed E-state index contributed by atoms with van der Waals surface area (Å²) in [5.41, 5.74) is 5.58. The second-order valence-corrected chi connectivity index (χ2v) is 5.67. The SMILES string of the molecule is NC(=O)c1cnc(N2CC3CC=CCC3C2)c(Cl)c1. The van der Waals surface area contributed by atoms with Crippen LogP contribution >= 0.6 is 11.6 Å². The fourth-order valence-corrected chi connectivity index (χ4v) is 3.27. The second kappa shape index (κ2) is 4.85. The van der Waals surface area contributed by atoms with Gasteiger partial charge in [0.1, 0.15) is 5.82 Å². The number of pyridine rings is 1. The van der Waals surface area contributed by atoms with Gasteiger partial charge >= 0.3 is 0 Å². The van der Waals surface area contributed by atoms with Crippen LogP contribution in [-0.4, -0.2) is 24.0 Å². The average molecular weight is 278 g/mol. The van der Waals surface area contributed by atoms with Gasteiger partial charge in [0.05, 0.1) is 10.6 Å². The second-order valence-electron chi connectivity index (χ2n) is 5.26. The Morgan fingerprint density at radius 2 is 1.95 bits per heavy atom. The van der Waals surface area contributed by atoms with Crippen LogP contribution < -0.4 is 10.6 Å². The lowest BCUT2D eigenvalue weighted by Gasteiger charge is -2.18. The summed E-state index contributed by atoms with van der Waals surface area (Å²) < 4.78 is 0. The average Bonchev–Trinajstić information content (AvgIpc) is 2.81. The molecule has 1 saturated heterocycles. The van der Waals surface area contributed by atoms with Crippen LogP contribution in [0.3, 0.4) is 0 Å². The molecule has 1 aromatic rings. The van der Waals surface area contributed by atoms with E-state index in [2.05, 4.69) is 22.0 Å². The third kappa shape index (κ3) is 2.32. The summed E-state index contributed by atoms with van der Waals surface area (Å²) >= 11 is 6.22. The van der Waals surface area contributed by atoms with Crippen molar-refractivity contribution in [2.45, 2.75) is 12.8 Å². The van der Waals surface area contributed by atoms with Gasteiger partial charge in [-0.3, -0.25) is 4.79 Å². The minimum atomic E-state index is -0.500. The normalized spacial score (nSPS) is 25.4. The Bertz CT molecular complexity index is 527. The van der Waals surface area contributed by atoms with Crippen molar-refractivity contribution in [3.8, 4) is 0 Å².